The number of furan rings is 1. The van der Waals surface area contributed by atoms with Crippen LogP contribution in [0.1, 0.15) is 27.8 Å². The minimum atomic E-state index is -0.547. The van der Waals surface area contributed by atoms with Gasteiger partial charge in [0.05, 0.1) is 32.9 Å². The fraction of sp³-hybridized carbons (Fsp3) is 0.0952. The summed E-state index contributed by atoms with van der Waals surface area (Å²) in [6.07, 6.45) is 0. The van der Waals surface area contributed by atoms with Gasteiger partial charge in [-0.2, -0.15) is 0 Å². The number of thiazole rings is 1. The molecule has 31 heavy (non-hydrogen) atoms. The van der Waals surface area contributed by atoms with Crippen molar-refractivity contribution >= 4 is 44.2 Å². The third-order valence-corrected chi connectivity index (χ3v) is 5.25. The summed E-state index contributed by atoms with van der Waals surface area (Å²) in [5.41, 5.74) is 1.18. The average molecular weight is 437 g/mol. The Balaban J connectivity index is 1.55. The zero-order valence-electron chi connectivity index (χ0n) is 16.2. The van der Waals surface area contributed by atoms with Gasteiger partial charge in [-0.3, -0.25) is 20.2 Å². The molecule has 0 atom stereocenters. The first-order valence-electron chi connectivity index (χ1n) is 9.19. The van der Waals surface area contributed by atoms with E-state index < -0.39 is 16.8 Å². The zero-order chi connectivity index (χ0) is 22.0. The van der Waals surface area contributed by atoms with Crippen LogP contribution < -0.4 is 5.32 Å². The summed E-state index contributed by atoms with van der Waals surface area (Å²) in [5, 5.41) is 14.2. The molecule has 0 aliphatic heterocycles. The number of rotatable bonds is 6. The second-order valence-electron chi connectivity index (χ2n) is 6.31. The molecule has 4 rings (SSSR count). The zero-order valence-corrected chi connectivity index (χ0v) is 17.0. The van der Waals surface area contributed by atoms with E-state index in [1.807, 2.05) is 0 Å². The molecule has 156 valence electrons. The number of amides is 1. The summed E-state index contributed by atoms with van der Waals surface area (Å²) in [6, 6.07) is 14.0. The van der Waals surface area contributed by atoms with Gasteiger partial charge in [0.15, 0.2) is 10.9 Å². The Bertz CT molecular complexity index is 1310. The van der Waals surface area contributed by atoms with Crippen molar-refractivity contribution in [3.8, 4) is 11.3 Å². The Labute approximate surface area is 179 Å². The predicted molar refractivity (Wildman–Crippen MR) is 114 cm³/mol. The topological polar surface area (TPSA) is 125 Å². The van der Waals surface area contributed by atoms with Crippen LogP contribution in [0.25, 0.3) is 21.5 Å². The number of ether oxygens (including phenoxy) is 1. The first kappa shape index (κ1) is 20.2. The van der Waals surface area contributed by atoms with E-state index in [1.54, 1.807) is 43.3 Å². The molecule has 2 aromatic heterocycles. The summed E-state index contributed by atoms with van der Waals surface area (Å²) in [4.78, 5) is 39.5. The molecule has 0 bridgehead atoms. The van der Waals surface area contributed by atoms with Crippen LogP contribution in [0, 0.1) is 10.1 Å². The number of para-hydroxylation sites is 1. The lowest BCUT2D eigenvalue weighted by molar-refractivity contribution is -0.384. The van der Waals surface area contributed by atoms with Crippen LogP contribution in [0.15, 0.2) is 59.0 Å². The number of nitro benzene ring substituents is 1. The Morgan fingerprint density at radius 3 is 2.77 bits per heavy atom. The number of hydrogen-bond acceptors (Lipinski definition) is 8. The highest BCUT2D eigenvalue weighted by atomic mass is 32.1. The van der Waals surface area contributed by atoms with Gasteiger partial charge in [0.1, 0.15) is 5.76 Å². The van der Waals surface area contributed by atoms with Gasteiger partial charge in [-0.05, 0) is 43.3 Å². The number of aromatic nitrogens is 1. The van der Waals surface area contributed by atoms with Crippen molar-refractivity contribution in [2.24, 2.45) is 0 Å². The summed E-state index contributed by atoms with van der Waals surface area (Å²) >= 11 is 1.20. The molecule has 9 nitrogen and oxygen atoms in total. The lowest BCUT2D eigenvalue weighted by Gasteiger charge is -2.00. The third kappa shape index (κ3) is 4.14. The molecule has 4 aromatic rings. The van der Waals surface area contributed by atoms with Gasteiger partial charge in [0.2, 0.25) is 0 Å². The Hall–Kier alpha value is -4.05. The Kier molecular flexibility index (Phi) is 5.46. The first-order valence-corrected chi connectivity index (χ1v) is 10.0. The number of fused-ring (bicyclic) bond motifs is 1. The standard InChI is InChI=1S/C21H15N3O6S/c1-2-29-20(26)12-7-8-14-18(11-12)31-21(22-14)23-19(25)17-10-9-16(30-17)13-5-3-4-6-15(13)24(27)28/h3-11H,2H2,1H3,(H,22,23,25). The van der Waals surface area contributed by atoms with Crippen molar-refractivity contribution < 1.29 is 23.7 Å². The maximum atomic E-state index is 12.6. The van der Waals surface area contributed by atoms with Gasteiger partial charge in [0, 0.05) is 6.07 Å². The van der Waals surface area contributed by atoms with E-state index in [4.69, 9.17) is 9.15 Å². The molecule has 0 saturated heterocycles. The van der Waals surface area contributed by atoms with Crippen molar-refractivity contribution in [1.29, 1.82) is 0 Å². The molecule has 2 aromatic carbocycles. The minimum Gasteiger partial charge on any atom is -0.462 e. The van der Waals surface area contributed by atoms with E-state index in [1.165, 1.54) is 29.5 Å². The number of nitrogens with one attached hydrogen (secondary N) is 1. The van der Waals surface area contributed by atoms with Crippen molar-refractivity contribution in [2.75, 3.05) is 11.9 Å². The van der Waals surface area contributed by atoms with Crippen molar-refractivity contribution in [2.45, 2.75) is 6.92 Å². The summed E-state index contributed by atoms with van der Waals surface area (Å²) < 4.78 is 11.2. The number of hydrogen-bond donors (Lipinski definition) is 1. The van der Waals surface area contributed by atoms with E-state index in [2.05, 4.69) is 10.3 Å². The quantitative estimate of drug-likeness (QED) is 0.258. The molecule has 0 aliphatic carbocycles. The smallest absolute Gasteiger partial charge is 0.338 e. The average Bonchev–Trinajstić information content (AvgIpc) is 3.40. The fourth-order valence-electron chi connectivity index (χ4n) is 2.92. The van der Waals surface area contributed by atoms with Crippen molar-refractivity contribution in [3.63, 3.8) is 0 Å². The highest BCUT2D eigenvalue weighted by molar-refractivity contribution is 7.22. The van der Waals surface area contributed by atoms with Crippen LogP contribution in [0.3, 0.4) is 0 Å². The monoisotopic (exact) mass is 437 g/mol. The summed E-state index contributed by atoms with van der Waals surface area (Å²) in [6.45, 7) is 2.00. The first-order chi connectivity index (χ1) is 15.0. The van der Waals surface area contributed by atoms with Crippen molar-refractivity contribution in [1.82, 2.24) is 4.98 Å². The number of nitrogens with zero attached hydrogens (tertiary/aromatic N) is 2. The number of benzene rings is 2. The normalized spacial score (nSPS) is 10.7. The van der Waals surface area contributed by atoms with E-state index in [0.29, 0.717) is 20.9 Å². The molecule has 10 heteroatoms. The van der Waals surface area contributed by atoms with Crippen LogP contribution in [0.2, 0.25) is 0 Å². The minimum absolute atomic E-state index is 0.0142. The largest absolute Gasteiger partial charge is 0.462 e. The second-order valence-corrected chi connectivity index (χ2v) is 7.34. The van der Waals surface area contributed by atoms with Crippen LogP contribution in [-0.4, -0.2) is 28.4 Å². The van der Waals surface area contributed by atoms with Gasteiger partial charge in [-0.1, -0.05) is 23.5 Å². The molecule has 0 spiro atoms. The molecular weight excluding hydrogens is 422 g/mol. The van der Waals surface area contributed by atoms with Crippen LogP contribution in [-0.2, 0) is 4.74 Å². The third-order valence-electron chi connectivity index (χ3n) is 4.32. The van der Waals surface area contributed by atoms with Crippen LogP contribution in [0.4, 0.5) is 10.8 Å². The van der Waals surface area contributed by atoms with Gasteiger partial charge < -0.3 is 9.15 Å². The molecule has 2 heterocycles. The molecular formula is C21H15N3O6S. The molecule has 1 N–H and O–H groups in total. The van der Waals surface area contributed by atoms with Crippen molar-refractivity contribution in [3.05, 3.63) is 76.0 Å². The SMILES string of the molecule is CCOC(=O)c1ccc2nc(NC(=O)c3ccc(-c4ccccc4[N+](=O)[O-])o3)sc2c1. The molecule has 0 saturated carbocycles. The van der Waals surface area contributed by atoms with Crippen LogP contribution >= 0.6 is 11.3 Å². The van der Waals surface area contributed by atoms with Gasteiger partial charge >= 0.3 is 5.97 Å². The maximum absolute atomic E-state index is 12.6. The van der Waals surface area contributed by atoms with E-state index in [9.17, 15) is 19.7 Å². The maximum Gasteiger partial charge on any atom is 0.338 e. The summed E-state index contributed by atoms with van der Waals surface area (Å²) in [5.74, 6) is -0.781. The van der Waals surface area contributed by atoms with Gasteiger partial charge in [-0.15, -0.1) is 0 Å². The van der Waals surface area contributed by atoms with E-state index >= 15 is 0 Å². The Morgan fingerprint density at radius 1 is 1.19 bits per heavy atom. The molecule has 0 aliphatic rings. The lowest BCUT2D eigenvalue weighted by Crippen LogP contribution is -2.10. The number of nitro groups is 1. The van der Waals surface area contributed by atoms with E-state index in [0.717, 1.165) is 0 Å². The molecule has 0 radical (unpaired) electrons. The molecule has 0 unspecified atom stereocenters. The predicted octanol–water partition coefficient (Wildman–Crippen LogP) is 4.89. The molecule has 0 fully saturated rings. The van der Waals surface area contributed by atoms with Gasteiger partial charge in [-0.25, -0.2) is 9.78 Å². The fourth-order valence-corrected chi connectivity index (χ4v) is 3.82. The number of esters is 1. The summed E-state index contributed by atoms with van der Waals surface area (Å²) in [7, 11) is 0. The second kappa shape index (κ2) is 8.36. The molecule has 1 amide bonds. The Morgan fingerprint density at radius 2 is 2.00 bits per heavy atom. The van der Waals surface area contributed by atoms with E-state index in [-0.39, 0.29) is 29.4 Å². The highest BCUT2D eigenvalue weighted by Gasteiger charge is 2.20. The van der Waals surface area contributed by atoms with Gasteiger partial charge in [0.25, 0.3) is 11.6 Å². The highest BCUT2D eigenvalue weighted by Crippen LogP contribution is 2.32. The number of carbonyl (C=O) groups excluding carboxylic acids is 2. The number of anilines is 1. The lowest BCUT2D eigenvalue weighted by atomic mass is 10.1. The number of carbonyl (C=O) groups is 2. The van der Waals surface area contributed by atoms with Crippen LogP contribution in [0.5, 0.6) is 0 Å².